The summed E-state index contributed by atoms with van der Waals surface area (Å²) in [6, 6.07) is 11.9. The highest BCUT2D eigenvalue weighted by Gasteiger charge is 2.32. The number of aromatic nitrogens is 1. The van der Waals surface area contributed by atoms with Gasteiger partial charge in [-0.15, -0.1) is 22.7 Å². The number of halogens is 2. The Morgan fingerprint density at radius 1 is 0.431 bits per heavy atom. The van der Waals surface area contributed by atoms with Crippen molar-refractivity contribution in [1.82, 2.24) is 4.98 Å². The van der Waals surface area contributed by atoms with E-state index in [9.17, 15) is 0 Å². The number of unbranched alkanes of at least 4 members (excludes halogenated alkanes) is 28. The van der Waals surface area contributed by atoms with Gasteiger partial charge in [-0.2, -0.15) is 0 Å². The average Bonchev–Trinajstić information content (AvgIpc) is 4.06. The zero-order chi connectivity index (χ0) is 46.5. The second-order valence-electron chi connectivity index (χ2n) is 20.8. The van der Waals surface area contributed by atoms with E-state index in [2.05, 4.69) is 94.9 Å². The van der Waals surface area contributed by atoms with Crippen LogP contribution in [0, 0.1) is 5.92 Å². The van der Waals surface area contributed by atoms with Gasteiger partial charge in [-0.05, 0) is 113 Å². The molecule has 0 saturated heterocycles. The maximum absolute atomic E-state index is 4.02. The highest BCUT2D eigenvalue weighted by atomic mass is 79.9. The molecular weight excluding hydrogens is 959 g/mol. The number of aromatic amines is 1. The van der Waals surface area contributed by atoms with Gasteiger partial charge in [0.1, 0.15) is 0 Å². The molecule has 2 unspecified atom stereocenters. The van der Waals surface area contributed by atoms with Crippen LogP contribution in [0.1, 0.15) is 301 Å². The molecule has 0 aliphatic carbocycles. The smallest absolute Gasteiger partial charge is 0.0705 e. The van der Waals surface area contributed by atoms with Gasteiger partial charge in [-0.25, -0.2) is 0 Å². The van der Waals surface area contributed by atoms with E-state index >= 15 is 0 Å². The minimum Gasteiger partial charge on any atom is -0.362 e. The van der Waals surface area contributed by atoms with Crippen molar-refractivity contribution >= 4 is 54.5 Å². The predicted octanol–water partition coefficient (Wildman–Crippen LogP) is 23.7. The van der Waals surface area contributed by atoms with E-state index < -0.39 is 0 Å². The normalized spacial score (nSPS) is 13.3. The Balaban J connectivity index is 1.55. The molecule has 3 aromatic heterocycles. The van der Waals surface area contributed by atoms with Crippen LogP contribution in [0.2, 0.25) is 0 Å². The van der Waals surface area contributed by atoms with Gasteiger partial charge < -0.3 is 4.98 Å². The topological polar surface area (TPSA) is 15.8 Å². The highest BCUT2D eigenvalue weighted by molar-refractivity contribution is 9.11. The van der Waals surface area contributed by atoms with Gasteiger partial charge in [0.05, 0.1) is 7.57 Å². The van der Waals surface area contributed by atoms with E-state index in [0.717, 1.165) is 12.3 Å². The third-order valence-corrected chi connectivity index (χ3v) is 18.5. The van der Waals surface area contributed by atoms with Crippen LogP contribution < -0.4 is 0 Å². The molecule has 0 aliphatic heterocycles. The van der Waals surface area contributed by atoms with Crippen molar-refractivity contribution < 1.29 is 0 Å². The molecule has 374 valence electrons. The fourth-order valence-corrected chi connectivity index (χ4v) is 13.9. The molecule has 2 atom stereocenters. The number of rotatable bonds is 46. The van der Waals surface area contributed by atoms with Gasteiger partial charge in [0, 0.05) is 32.1 Å². The second kappa shape index (κ2) is 39.4. The molecule has 0 fully saturated rings. The van der Waals surface area contributed by atoms with Crippen LogP contribution in [0.3, 0.4) is 0 Å². The Hall–Kier alpha value is -0.360. The summed E-state index contributed by atoms with van der Waals surface area (Å²) in [5.74, 6) is 0.959. The molecule has 1 N–H and O–H groups in total. The second-order valence-corrected chi connectivity index (χ2v) is 25.7. The summed E-state index contributed by atoms with van der Waals surface area (Å²) in [7, 11) is 0. The Morgan fingerprint density at radius 2 is 0.815 bits per heavy atom. The minimum atomic E-state index is 0.347. The summed E-state index contributed by atoms with van der Waals surface area (Å²) >= 11 is 11.6. The van der Waals surface area contributed by atoms with E-state index in [1.807, 2.05) is 22.7 Å². The number of hydrogen-bond acceptors (Lipinski definition) is 2. The van der Waals surface area contributed by atoms with Crippen LogP contribution in [0.15, 0.2) is 37.9 Å². The summed E-state index contributed by atoms with van der Waals surface area (Å²) < 4.78 is 2.55. The van der Waals surface area contributed by atoms with Crippen LogP contribution in [0.25, 0.3) is 10.4 Å². The van der Waals surface area contributed by atoms with Crippen LogP contribution in [-0.4, -0.2) is 4.98 Å². The first kappa shape index (κ1) is 59.0. The minimum absolute atomic E-state index is 0.347. The van der Waals surface area contributed by atoms with Gasteiger partial charge >= 0.3 is 0 Å². The molecule has 0 aromatic carbocycles. The highest BCUT2D eigenvalue weighted by Crippen LogP contribution is 2.45. The summed E-state index contributed by atoms with van der Waals surface area (Å²) in [5, 5.41) is 0. The monoisotopic (exact) mass is 1060 g/mol. The average molecular weight is 1060 g/mol. The largest absolute Gasteiger partial charge is 0.362 e. The maximum atomic E-state index is 4.02. The molecule has 0 amide bonds. The fraction of sp³-hybridized carbons (Fsp3) is 0.800. The zero-order valence-corrected chi connectivity index (χ0v) is 48.0. The predicted molar refractivity (Wildman–Crippen MR) is 304 cm³/mol. The number of nitrogens with one attached hydrogen (secondary N) is 1. The molecular formula is C60H103Br2NS2. The van der Waals surface area contributed by atoms with Gasteiger partial charge in [0.25, 0.3) is 0 Å². The quantitative estimate of drug-likeness (QED) is 0.0543. The van der Waals surface area contributed by atoms with Gasteiger partial charge in [0.15, 0.2) is 0 Å². The number of H-pyrrole nitrogens is 1. The molecule has 3 heterocycles. The van der Waals surface area contributed by atoms with Gasteiger partial charge in [-0.3, -0.25) is 0 Å². The lowest BCUT2D eigenvalue weighted by Gasteiger charge is -2.34. The Labute approximate surface area is 429 Å². The van der Waals surface area contributed by atoms with Crippen molar-refractivity contribution in [3.05, 3.63) is 54.2 Å². The lowest BCUT2D eigenvalue weighted by molar-refractivity contribution is 0.305. The first-order valence-electron chi connectivity index (χ1n) is 28.7. The van der Waals surface area contributed by atoms with Crippen molar-refractivity contribution in [3.8, 4) is 10.4 Å². The lowest BCUT2D eigenvalue weighted by Crippen LogP contribution is -2.25. The molecule has 5 heteroatoms. The van der Waals surface area contributed by atoms with Crippen LogP contribution in [0.4, 0.5) is 0 Å². The molecule has 0 saturated carbocycles. The van der Waals surface area contributed by atoms with Crippen LogP contribution in [-0.2, 0) is 18.3 Å². The summed E-state index contributed by atoms with van der Waals surface area (Å²) in [6.45, 7) is 9.34. The third kappa shape index (κ3) is 27.0. The summed E-state index contributed by atoms with van der Waals surface area (Å²) in [6.07, 6.45) is 58.7. The third-order valence-electron chi connectivity index (χ3n) is 15.0. The Kier molecular flexibility index (Phi) is 35.7. The summed E-state index contributed by atoms with van der Waals surface area (Å²) in [4.78, 5) is 7.10. The van der Waals surface area contributed by atoms with Crippen LogP contribution in [0.5, 0.6) is 0 Å². The molecule has 65 heavy (non-hydrogen) atoms. The molecule has 0 radical (unpaired) electrons. The Bertz CT molecular complexity index is 1500. The van der Waals surface area contributed by atoms with Gasteiger partial charge in [-0.1, -0.05) is 252 Å². The fourth-order valence-electron chi connectivity index (χ4n) is 10.8. The first-order chi connectivity index (χ1) is 31.9. The molecule has 3 aromatic rings. The summed E-state index contributed by atoms with van der Waals surface area (Å²) in [5.41, 5.74) is 4.77. The SMILES string of the molecule is CCCCCCCCCCC(CCCCCCCC)CCCCCc1cc(-c2ccc(Br)s2)c(CCCCCC(CCCCCCCC)(CCCCCCCCCC)c2ccc(Br)s2)[nH]1. The molecule has 1 nitrogen and oxygen atoms in total. The van der Waals surface area contributed by atoms with Crippen molar-refractivity contribution in [2.45, 2.75) is 303 Å². The maximum Gasteiger partial charge on any atom is 0.0705 e. The molecule has 3 rings (SSSR count). The molecule has 0 bridgehead atoms. The van der Waals surface area contributed by atoms with Gasteiger partial charge in [0.2, 0.25) is 0 Å². The van der Waals surface area contributed by atoms with E-state index in [-0.39, 0.29) is 0 Å². The van der Waals surface area contributed by atoms with Crippen molar-refractivity contribution in [2.75, 3.05) is 0 Å². The lowest BCUT2D eigenvalue weighted by atomic mass is 9.73. The van der Waals surface area contributed by atoms with E-state index in [1.165, 1.54) is 293 Å². The van der Waals surface area contributed by atoms with Crippen molar-refractivity contribution in [2.24, 2.45) is 5.92 Å². The van der Waals surface area contributed by atoms with E-state index in [0.29, 0.717) is 5.41 Å². The number of hydrogen-bond donors (Lipinski definition) is 1. The number of thiophene rings is 2. The standard InChI is InChI=1S/C60H103Br2NS2/c1-5-9-13-17-21-23-26-32-40-52(39-31-25-19-15-11-7-3)41-33-29-34-42-53-51-54(56-44-46-58(61)64-56)55(63-53)43-35-30-38-50-60(57-45-47-59(62)65-57,48-36-27-20-16-12-8-4)49-37-28-24-22-18-14-10-6-2/h44-47,51-52,63H,5-43,48-50H2,1-4H3. The first-order valence-corrected chi connectivity index (χ1v) is 31.9. The molecule has 0 spiro atoms. The zero-order valence-electron chi connectivity index (χ0n) is 43.2. The molecule has 0 aliphatic rings. The number of aryl methyl sites for hydroxylation is 2. The Morgan fingerprint density at radius 3 is 1.25 bits per heavy atom. The van der Waals surface area contributed by atoms with Crippen molar-refractivity contribution in [1.29, 1.82) is 0 Å². The van der Waals surface area contributed by atoms with Crippen molar-refractivity contribution in [3.63, 3.8) is 0 Å². The van der Waals surface area contributed by atoms with E-state index in [4.69, 9.17) is 0 Å². The van der Waals surface area contributed by atoms with Crippen LogP contribution >= 0.6 is 54.5 Å². The van der Waals surface area contributed by atoms with E-state index in [1.54, 1.807) is 4.88 Å².